The van der Waals surface area contributed by atoms with Crippen LogP contribution in [0.4, 0.5) is 0 Å². The number of hydrogen-bond donors (Lipinski definition) is 1. The Balaban J connectivity index is 0.000000293. The van der Waals surface area contributed by atoms with Crippen LogP contribution in [0.25, 0.3) is 0 Å². The van der Waals surface area contributed by atoms with Gasteiger partial charge in [-0.2, -0.15) is 0 Å². The van der Waals surface area contributed by atoms with Gasteiger partial charge in [0.2, 0.25) is 0 Å². The zero-order valence-electron chi connectivity index (χ0n) is 11.2. The van der Waals surface area contributed by atoms with E-state index in [1.54, 1.807) is 0 Å². The summed E-state index contributed by atoms with van der Waals surface area (Å²) >= 11 is 0. The predicted octanol–water partition coefficient (Wildman–Crippen LogP) is 1.26. The third kappa shape index (κ3) is 9.93. The van der Waals surface area contributed by atoms with Gasteiger partial charge in [0.15, 0.2) is 0 Å². The van der Waals surface area contributed by atoms with Crippen molar-refractivity contribution in [3.8, 4) is 0 Å². The molecule has 0 aromatic carbocycles. The molecule has 1 atom stereocenters. The van der Waals surface area contributed by atoms with Gasteiger partial charge in [-0.1, -0.05) is 0 Å². The van der Waals surface area contributed by atoms with Gasteiger partial charge in [0, 0.05) is 12.6 Å². The zero-order valence-corrected chi connectivity index (χ0v) is 11.2. The Labute approximate surface area is 99.3 Å². The molecule has 0 aliphatic carbocycles. The van der Waals surface area contributed by atoms with E-state index in [-0.39, 0.29) is 5.60 Å². The van der Waals surface area contributed by atoms with E-state index >= 15 is 0 Å². The van der Waals surface area contributed by atoms with Crippen LogP contribution in [0.5, 0.6) is 0 Å². The highest BCUT2D eigenvalue weighted by atomic mass is 16.5. The molecule has 4 nitrogen and oxygen atoms in total. The molecule has 0 spiro atoms. The molecule has 0 aromatic heterocycles. The van der Waals surface area contributed by atoms with Crippen LogP contribution in [0.15, 0.2) is 0 Å². The maximum absolute atomic E-state index is 9.60. The normalized spacial score (nSPS) is 20.2. The summed E-state index contributed by atoms with van der Waals surface area (Å²) in [4.78, 5) is 11.8. The first-order valence-corrected chi connectivity index (χ1v) is 5.84. The Kier molecular flexibility index (Phi) is 7.34. The van der Waals surface area contributed by atoms with E-state index in [0.717, 1.165) is 6.04 Å². The van der Waals surface area contributed by atoms with Crippen LogP contribution in [0.1, 0.15) is 33.6 Å². The largest absolute Gasteiger partial charge is 0.462 e. The monoisotopic (exact) mass is 230 g/mol. The summed E-state index contributed by atoms with van der Waals surface area (Å²) < 4.78 is 4.55. The summed E-state index contributed by atoms with van der Waals surface area (Å²) in [7, 11) is 4.25. The molecule has 1 fully saturated rings. The third-order valence-electron chi connectivity index (χ3n) is 2.15. The van der Waals surface area contributed by atoms with Crippen LogP contribution >= 0.6 is 0 Å². The van der Waals surface area contributed by atoms with Crippen molar-refractivity contribution in [2.24, 2.45) is 0 Å². The lowest BCUT2D eigenvalue weighted by Gasteiger charge is -2.15. The van der Waals surface area contributed by atoms with Crippen molar-refractivity contribution >= 4 is 6.47 Å². The Morgan fingerprint density at radius 1 is 1.44 bits per heavy atom. The second-order valence-electron chi connectivity index (χ2n) is 5.38. The molecule has 0 amide bonds. The van der Waals surface area contributed by atoms with E-state index in [1.165, 1.54) is 25.9 Å². The van der Waals surface area contributed by atoms with Crippen molar-refractivity contribution in [3.05, 3.63) is 0 Å². The van der Waals surface area contributed by atoms with E-state index in [0.29, 0.717) is 6.47 Å². The molecule has 4 heteroatoms. The lowest BCUT2D eigenvalue weighted by Crippen LogP contribution is -2.33. The Bertz CT molecular complexity index is 182. The second-order valence-corrected chi connectivity index (χ2v) is 5.38. The first-order valence-electron chi connectivity index (χ1n) is 5.84. The molecule has 1 rings (SSSR count). The summed E-state index contributed by atoms with van der Waals surface area (Å²) in [6.45, 7) is 8.34. The van der Waals surface area contributed by atoms with Crippen molar-refractivity contribution in [2.75, 3.05) is 27.2 Å². The Morgan fingerprint density at radius 2 is 2.06 bits per heavy atom. The average molecular weight is 230 g/mol. The van der Waals surface area contributed by atoms with Crippen LogP contribution in [0, 0.1) is 0 Å². The summed E-state index contributed by atoms with van der Waals surface area (Å²) in [6.07, 6.45) is 2.72. The maximum Gasteiger partial charge on any atom is 0.293 e. The van der Waals surface area contributed by atoms with Gasteiger partial charge in [0.25, 0.3) is 6.47 Å². The van der Waals surface area contributed by atoms with Crippen molar-refractivity contribution in [1.82, 2.24) is 10.2 Å². The number of likely N-dealkylation sites (N-methyl/N-ethyl adjacent to an activating group) is 1. The van der Waals surface area contributed by atoms with Gasteiger partial charge >= 0.3 is 0 Å². The van der Waals surface area contributed by atoms with Gasteiger partial charge in [-0.05, 0) is 54.3 Å². The number of rotatable bonds is 3. The quantitative estimate of drug-likeness (QED) is 0.741. The van der Waals surface area contributed by atoms with E-state index in [4.69, 9.17) is 0 Å². The molecule has 96 valence electrons. The van der Waals surface area contributed by atoms with E-state index in [2.05, 4.69) is 29.0 Å². The molecule has 0 aromatic rings. The van der Waals surface area contributed by atoms with Gasteiger partial charge in [-0.25, -0.2) is 0 Å². The fourth-order valence-electron chi connectivity index (χ4n) is 1.50. The van der Waals surface area contributed by atoms with E-state index in [9.17, 15) is 4.79 Å². The molecule has 0 bridgehead atoms. The van der Waals surface area contributed by atoms with Crippen molar-refractivity contribution in [3.63, 3.8) is 0 Å². The molecule has 0 saturated carbocycles. The first-order chi connectivity index (χ1) is 7.35. The summed E-state index contributed by atoms with van der Waals surface area (Å²) in [5.74, 6) is 0. The number of hydrogen-bond acceptors (Lipinski definition) is 4. The number of nitrogens with zero attached hydrogens (tertiary/aromatic N) is 1. The Hall–Kier alpha value is -0.610. The standard InChI is InChI=1S/C7H16N2.C5H10O2/c1-9(2)6-7-4-3-5-8-7;1-5(2,3)7-4-6/h7-8H,3-6H2,1-2H3;4H,1-3H3. The number of carbonyl (C=O) groups is 1. The highest BCUT2D eigenvalue weighted by Crippen LogP contribution is 2.04. The third-order valence-corrected chi connectivity index (χ3v) is 2.15. The van der Waals surface area contributed by atoms with E-state index < -0.39 is 0 Å². The molecule has 1 aliphatic rings. The molecule has 1 unspecified atom stereocenters. The predicted molar refractivity (Wildman–Crippen MR) is 66.5 cm³/mol. The molecule has 1 heterocycles. The summed E-state index contributed by atoms with van der Waals surface area (Å²) in [5.41, 5.74) is -0.318. The van der Waals surface area contributed by atoms with Crippen molar-refractivity contribution < 1.29 is 9.53 Å². The SMILES string of the molecule is CC(C)(C)OC=O.CN(C)CC1CCCN1. The van der Waals surface area contributed by atoms with Crippen molar-refractivity contribution in [2.45, 2.75) is 45.3 Å². The summed E-state index contributed by atoms with van der Waals surface area (Å²) in [5, 5.41) is 3.45. The van der Waals surface area contributed by atoms with Gasteiger partial charge in [-0.3, -0.25) is 4.79 Å². The molecule has 1 aliphatic heterocycles. The maximum atomic E-state index is 9.60. The van der Waals surface area contributed by atoms with Crippen LogP contribution in [0.2, 0.25) is 0 Å². The van der Waals surface area contributed by atoms with Crippen LogP contribution in [-0.4, -0.2) is 50.2 Å². The number of nitrogens with one attached hydrogen (secondary N) is 1. The minimum absolute atomic E-state index is 0.318. The zero-order chi connectivity index (χ0) is 12.6. The smallest absolute Gasteiger partial charge is 0.293 e. The van der Waals surface area contributed by atoms with Gasteiger partial charge in [0.05, 0.1) is 0 Å². The lowest BCUT2D eigenvalue weighted by atomic mass is 10.2. The minimum Gasteiger partial charge on any atom is -0.462 e. The average Bonchev–Trinajstić information content (AvgIpc) is 2.54. The molecule has 0 radical (unpaired) electrons. The van der Waals surface area contributed by atoms with Crippen LogP contribution in [-0.2, 0) is 9.53 Å². The highest BCUT2D eigenvalue weighted by molar-refractivity contribution is 5.37. The van der Waals surface area contributed by atoms with Crippen LogP contribution < -0.4 is 5.32 Å². The van der Waals surface area contributed by atoms with Crippen LogP contribution in [0.3, 0.4) is 0 Å². The van der Waals surface area contributed by atoms with Gasteiger partial charge < -0.3 is 15.0 Å². The molecular weight excluding hydrogens is 204 g/mol. The molecule has 1 N–H and O–H groups in total. The van der Waals surface area contributed by atoms with Gasteiger partial charge in [-0.15, -0.1) is 0 Å². The molecule has 1 saturated heterocycles. The van der Waals surface area contributed by atoms with Gasteiger partial charge in [0.1, 0.15) is 5.60 Å². The topological polar surface area (TPSA) is 41.6 Å². The minimum atomic E-state index is -0.318. The summed E-state index contributed by atoms with van der Waals surface area (Å²) in [6, 6.07) is 0.764. The number of ether oxygens (including phenoxy) is 1. The molecule has 16 heavy (non-hydrogen) atoms. The highest BCUT2D eigenvalue weighted by Gasteiger charge is 2.13. The second kappa shape index (κ2) is 7.63. The molecular formula is C12H26N2O2. The van der Waals surface area contributed by atoms with E-state index in [1.807, 2.05) is 20.8 Å². The van der Waals surface area contributed by atoms with Crippen molar-refractivity contribution in [1.29, 1.82) is 0 Å². The lowest BCUT2D eigenvalue weighted by molar-refractivity contribution is -0.138. The number of carbonyl (C=O) groups excluding carboxylic acids is 1. The first kappa shape index (κ1) is 15.4. The fourth-order valence-corrected chi connectivity index (χ4v) is 1.50. The Morgan fingerprint density at radius 3 is 2.31 bits per heavy atom. The fraction of sp³-hybridized carbons (Fsp3) is 0.917.